The van der Waals surface area contributed by atoms with Crippen LogP contribution in [0.25, 0.3) is 0 Å². The molecule has 0 atom stereocenters. The van der Waals surface area contributed by atoms with Crippen molar-refractivity contribution < 1.29 is 8.42 Å². The first-order valence-electron chi connectivity index (χ1n) is 5.85. The summed E-state index contributed by atoms with van der Waals surface area (Å²) in [4.78, 5) is 4.11. The normalized spacial score (nSPS) is 11.2. The average Bonchev–Trinajstić information content (AvgIpc) is 2.43. The van der Waals surface area contributed by atoms with E-state index in [2.05, 4.69) is 15.0 Å². The number of aromatic nitrogens is 1. The van der Waals surface area contributed by atoms with Gasteiger partial charge >= 0.3 is 0 Å². The number of hydrogen-bond donors (Lipinski definition) is 2. The summed E-state index contributed by atoms with van der Waals surface area (Å²) in [5.74, 6) is 0.481. The highest BCUT2D eigenvalue weighted by molar-refractivity contribution is 7.92. The molecule has 0 aliphatic rings. The monoisotopic (exact) mass is 311 g/mol. The molecule has 0 saturated carbocycles. The Morgan fingerprint density at radius 2 is 1.95 bits per heavy atom. The first-order chi connectivity index (χ1) is 9.42. The molecule has 0 radical (unpaired) electrons. The SMILES string of the molecule is CNc1cc(S(=O)(=O)Nc2ccc(C)c(Cl)c2)ccn1. The molecule has 5 nitrogen and oxygen atoms in total. The Labute approximate surface area is 123 Å². The highest BCUT2D eigenvalue weighted by atomic mass is 35.5. The third kappa shape index (κ3) is 3.20. The molecular weight excluding hydrogens is 298 g/mol. The van der Waals surface area contributed by atoms with Crippen LogP contribution in [0.4, 0.5) is 11.5 Å². The molecule has 0 bridgehead atoms. The molecule has 1 aromatic carbocycles. The molecule has 20 heavy (non-hydrogen) atoms. The number of aryl methyl sites for hydroxylation is 1. The van der Waals surface area contributed by atoms with E-state index in [1.54, 1.807) is 25.2 Å². The number of nitrogens with one attached hydrogen (secondary N) is 2. The molecule has 0 amide bonds. The number of nitrogens with zero attached hydrogens (tertiary/aromatic N) is 1. The van der Waals surface area contributed by atoms with Crippen LogP contribution in [0, 0.1) is 6.92 Å². The van der Waals surface area contributed by atoms with Crippen LogP contribution in [0.3, 0.4) is 0 Å². The van der Waals surface area contributed by atoms with Gasteiger partial charge in [0.15, 0.2) is 0 Å². The molecule has 0 saturated heterocycles. The molecule has 1 heterocycles. The predicted octanol–water partition coefficient (Wildman–Crippen LogP) is 2.89. The van der Waals surface area contributed by atoms with Crippen molar-refractivity contribution in [2.45, 2.75) is 11.8 Å². The van der Waals surface area contributed by atoms with Gasteiger partial charge in [0.1, 0.15) is 5.82 Å². The average molecular weight is 312 g/mol. The summed E-state index contributed by atoms with van der Waals surface area (Å²) in [5.41, 5.74) is 1.31. The van der Waals surface area contributed by atoms with E-state index in [9.17, 15) is 8.42 Å². The summed E-state index contributed by atoms with van der Waals surface area (Å²) in [6.45, 7) is 1.85. The maximum atomic E-state index is 12.3. The van der Waals surface area contributed by atoms with Crippen molar-refractivity contribution in [2.75, 3.05) is 17.1 Å². The van der Waals surface area contributed by atoms with Crippen LogP contribution in [-0.2, 0) is 10.0 Å². The van der Waals surface area contributed by atoms with Gasteiger partial charge in [-0.2, -0.15) is 0 Å². The summed E-state index contributed by atoms with van der Waals surface area (Å²) >= 11 is 5.98. The van der Waals surface area contributed by atoms with Gasteiger partial charge in [0.25, 0.3) is 10.0 Å². The van der Waals surface area contributed by atoms with E-state index in [0.717, 1.165) is 5.56 Å². The van der Waals surface area contributed by atoms with Gasteiger partial charge in [-0.15, -0.1) is 0 Å². The van der Waals surface area contributed by atoms with E-state index in [0.29, 0.717) is 16.5 Å². The zero-order chi connectivity index (χ0) is 14.8. The van der Waals surface area contributed by atoms with Crippen molar-refractivity contribution in [1.29, 1.82) is 0 Å². The highest BCUT2D eigenvalue weighted by Crippen LogP contribution is 2.23. The summed E-state index contributed by atoms with van der Waals surface area (Å²) < 4.78 is 27.0. The highest BCUT2D eigenvalue weighted by Gasteiger charge is 2.15. The maximum Gasteiger partial charge on any atom is 0.262 e. The molecule has 1 aromatic heterocycles. The summed E-state index contributed by atoms with van der Waals surface area (Å²) in [5, 5.41) is 3.31. The predicted molar refractivity (Wildman–Crippen MR) is 80.8 cm³/mol. The molecule has 7 heteroatoms. The summed E-state index contributed by atoms with van der Waals surface area (Å²) in [6.07, 6.45) is 1.43. The second-order valence-electron chi connectivity index (χ2n) is 4.20. The second-order valence-corrected chi connectivity index (χ2v) is 6.29. The Balaban J connectivity index is 2.32. The maximum absolute atomic E-state index is 12.3. The first-order valence-corrected chi connectivity index (χ1v) is 7.71. The number of pyridine rings is 1. The number of hydrogen-bond acceptors (Lipinski definition) is 4. The number of halogens is 1. The third-order valence-electron chi connectivity index (χ3n) is 2.72. The lowest BCUT2D eigenvalue weighted by molar-refractivity contribution is 0.601. The van der Waals surface area contributed by atoms with E-state index < -0.39 is 10.0 Å². The van der Waals surface area contributed by atoms with E-state index in [1.165, 1.54) is 18.3 Å². The fourth-order valence-corrected chi connectivity index (χ4v) is 2.83. The number of anilines is 2. The fourth-order valence-electron chi connectivity index (χ4n) is 1.59. The van der Waals surface area contributed by atoms with E-state index >= 15 is 0 Å². The van der Waals surface area contributed by atoms with Crippen molar-refractivity contribution in [3.63, 3.8) is 0 Å². The Hall–Kier alpha value is -1.79. The Kier molecular flexibility index (Phi) is 4.15. The molecule has 106 valence electrons. The van der Waals surface area contributed by atoms with Gasteiger partial charge < -0.3 is 5.32 Å². The zero-order valence-corrected chi connectivity index (χ0v) is 12.6. The van der Waals surface area contributed by atoms with Crippen molar-refractivity contribution in [3.8, 4) is 0 Å². The Morgan fingerprint density at radius 3 is 2.60 bits per heavy atom. The van der Waals surface area contributed by atoms with Crippen LogP contribution in [0.2, 0.25) is 5.02 Å². The van der Waals surface area contributed by atoms with Crippen molar-refractivity contribution in [2.24, 2.45) is 0 Å². The number of rotatable bonds is 4. The molecule has 0 aliphatic carbocycles. The lowest BCUT2D eigenvalue weighted by Gasteiger charge is -2.10. The number of benzene rings is 1. The quantitative estimate of drug-likeness (QED) is 0.911. The molecular formula is C13H14ClN3O2S. The molecule has 2 aromatic rings. The molecule has 0 unspecified atom stereocenters. The van der Waals surface area contributed by atoms with Gasteiger partial charge in [-0.05, 0) is 30.7 Å². The van der Waals surface area contributed by atoms with Crippen molar-refractivity contribution >= 4 is 33.1 Å². The van der Waals surface area contributed by atoms with Gasteiger partial charge in [-0.1, -0.05) is 17.7 Å². The Morgan fingerprint density at radius 1 is 1.20 bits per heavy atom. The minimum atomic E-state index is -3.66. The molecule has 0 spiro atoms. The van der Waals surface area contributed by atoms with Gasteiger partial charge in [0.05, 0.1) is 10.6 Å². The van der Waals surface area contributed by atoms with Crippen LogP contribution < -0.4 is 10.0 Å². The summed E-state index contributed by atoms with van der Waals surface area (Å²) in [6, 6.07) is 7.89. The van der Waals surface area contributed by atoms with Crippen LogP contribution in [0.1, 0.15) is 5.56 Å². The van der Waals surface area contributed by atoms with Gasteiger partial charge in [0.2, 0.25) is 0 Å². The third-order valence-corrected chi connectivity index (χ3v) is 4.51. The van der Waals surface area contributed by atoms with Crippen LogP contribution >= 0.6 is 11.6 Å². The van der Waals surface area contributed by atoms with E-state index in [1.807, 2.05) is 6.92 Å². The van der Waals surface area contributed by atoms with Crippen LogP contribution in [-0.4, -0.2) is 20.4 Å². The van der Waals surface area contributed by atoms with E-state index in [-0.39, 0.29) is 4.90 Å². The van der Waals surface area contributed by atoms with Crippen molar-refractivity contribution in [3.05, 3.63) is 47.1 Å². The standard InChI is InChI=1S/C13H14ClN3O2S/c1-9-3-4-10(7-12(9)14)17-20(18,19)11-5-6-16-13(8-11)15-2/h3-8,17H,1-2H3,(H,15,16). The van der Waals surface area contributed by atoms with Gasteiger partial charge in [-0.25, -0.2) is 13.4 Å². The van der Waals surface area contributed by atoms with Crippen LogP contribution in [0.15, 0.2) is 41.4 Å². The zero-order valence-electron chi connectivity index (χ0n) is 11.0. The molecule has 0 fully saturated rings. The fraction of sp³-hybridized carbons (Fsp3) is 0.154. The smallest absolute Gasteiger partial charge is 0.262 e. The van der Waals surface area contributed by atoms with E-state index in [4.69, 9.17) is 11.6 Å². The molecule has 0 aliphatic heterocycles. The van der Waals surface area contributed by atoms with Gasteiger partial charge in [-0.3, -0.25) is 4.72 Å². The van der Waals surface area contributed by atoms with Crippen LogP contribution in [0.5, 0.6) is 0 Å². The first kappa shape index (κ1) is 14.6. The second kappa shape index (κ2) is 5.68. The lowest BCUT2D eigenvalue weighted by atomic mass is 10.2. The largest absolute Gasteiger partial charge is 0.373 e. The summed E-state index contributed by atoms with van der Waals surface area (Å²) in [7, 11) is -1.99. The lowest BCUT2D eigenvalue weighted by Crippen LogP contribution is -2.13. The number of sulfonamides is 1. The van der Waals surface area contributed by atoms with Gasteiger partial charge in [0, 0.05) is 24.3 Å². The van der Waals surface area contributed by atoms with Crippen molar-refractivity contribution in [1.82, 2.24) is 4.98 Å². The topological polar surface area (TPSA) is 71.1 Å². The minimum Gasteiger partial charge on any atom is -0.373 e. The minimum absolute atomic E-state index is 0.133. The molecule has 2 N–H and O–H groups in total. The Bertz CT molecular complexity index is 732. The molecule has 2 rings (SSSR count).